The summed E-state index contributed by atoms with van der Waals surface area (Å²) < 4.78 is 5.41. The van der Waals surface area contributed by atoms with Gasteiger partial charge in [-0.15, -0.1) is 0 Å². The molecule has 1 aromatic heterocycles. The molecule has 1 aromatic rings. The highest BCUT2D eigenvalue weighted by molar-refractivity contribution is 5.79. The molecule has 6 nitrogen and oxygen atoms in total. The van der Waals surface area contributed by atoms with Crippen molar-refractivity contribution in [3.63, 3.8) is 0 Å². The van der Waals surface area contributed by atoms with Gasteiger partial charge in [-0.2, -0.15) is 0 Å². The third kappa shape index (κ3) is 4.15. The van der Waals surface area contributed by atoms with E-state index in [9.17, 15) is 9.59 Å². The fraction of sp³-hybridized carbons (Fsp3) is 0.667. The number of ether oxygens (including phenoxy) is 1. The highest BCUT2D eigenvalue weighted by atomic mass is 16.5. The molecule has 3 fully saturated rings. The third-order valence-electron chi connectivity index (χ3n) is 6.39. The first kappa shape index (κ1) is 18.4. The van der Waals surface area contributed by atoms with Crippen LogP contribution in [0.15, 0.2) is 24.5 Å². The number of carbonyl (C=O) groups is 2. The lowest BCUT2D eigenvalue weighted by molar-refractivity contribution is -0.147. The molecule has 3 aliphatic rings. The van der Waals surface area contributed by atoms with Crippen LogP contribution in [-0.4, -0.2) is 59.4 Å². The van der Waals surface area contributed by atoms with Gasteiger partial charge < -0.3 is 14.5 Å². The van der Waals surface area contributed by atoms with Crippen molar-refractivity contribution in [2.75, 3.05) is 32.8 Å². The van der Waals surface area contributed by atoms with Crippen LogP contribution in [0, 0.1) is 11.3 Å². The number of carbonyl (C=O) groups excluding carboxylic acids is 2. The van der Waals surface area contributed by atoms with Gasteiger partial charge in [0.15, 0.2) is 0 Å². The summed E-state index contributed by atoms with van der Waals surface area (Å²) in [7, 11) is 0. The molecule has 6 heteroatoms. The monoisotopic (exact) mass is 371 g/mol. The number of aromatic nitrogens is 1. The maximum absolute atomic E-state index is 13.0. The Morgan fingerprint density at radius 1 is 1.26 bits per heavy atom. The Balaban J connectivity index is 1.43. The second-order valence-electron chi connectivity index (χ2n) is 8.36. The second kappa shape index (κ2) is 7.97. The summed E-state index contributed by atoms with van der Waals surface area (Å²) in [6.45, 7) is 4.40. The van der Waals surface area contributed by atoms with E-state index >= 15 is 0 Å². The first-order chi connectivity index (χ1) is 13.2. The van der Waals surface area contributed by atoms with Crippen molar-refractivity contribution in [3.05, 3.63) is 30.1 Å². The molecule has 3 saturated heterocycles. The van der Waals surface area contributed by atoms with Gasteiger partial charge in [-0.1, -0.05) is 6.07 Å². The van der Waals surface area contributed by atoms with Gasteiger partial charge >= 0.3 is 0 Å². The first-order valence-electron chi connectivity index (χ1n) is 10.2. The summed E-state index contributed by atoms with van der Waals surface area (Å²) in [5, 5.41) is 0. The van der Waals surface area contributed by atoms with Gasteiger partial charge in [-0.3, -0.25) is 14.6 Å². The summed E-state index contributed by atoms with van der Waals surface area (Å²) in [6, 6.07) is 3.93. The summed E-state index contributed by atoms with van der Waals surface area (Å²) >= 11 is 0. The molecule has 0 aromatic carbocycles. The van der Waals surface area contributed by atoms with Crippen LogP contribution < -0.4 is 0 Å². The standard InChI is InChI=1S/C21H29N3O3/c25-19-4-8-21(16-24(19)14-17-3-1-9-22-13-17)7-2-10-23(15-21)20(26)18-5-11-27-12-6-18/h1,3,9,13,18H,2,4-8,10-12,14-16H2/t21-/m1/s1. The molecule has 0 saturated carbocycles. The van der Waals surface area contributed by atoms with E-state index < -0.39 is 0 Å². The molecule has 0 bridgehead atoms. The van der Waals surface area contributed by atoms with Gasteiger partial charge in [0.05, 0.1) is 0 Å². The molecule has 1 spiro atoms. The lowest BCUT2D eigenvalue weighted by Gasteiger charge is -2.49. The van der Waals surface area contributed by atoms with Crippen molar-refractivity contribution < 1.29 is 14.3 Å². The summed E-state index contributed by atoms with van der Waals surface area (Å²) in [6.07, 6.45) is 8.88. The zero-order valence-corrected chi connectivity index (χ0v) is 15.9. The summed E-state index contributed by atoms with van der Waals surface area (Å²) in [5.41, 5.74) is 1.11. The van der Waals surface area contributed by atoms with Crippen molar-refractivity contribution in [3.8, 4) is 0 Å². The molecule has 4 rings (SSSR count). The SMILES string of the molecule is O=C1CC[C@@]2(CCCN(C(=O)C3CCOCC3)C2)CN1Cc1cccnc1. The maximum Gasteiger partial charge on any atom is 0.225 e. The Labute approximate surface area is 160 Å². The number of amides is 2. The quantitative estimate of drug-likeness (QED) is 0.817. The van der Waals surface area contributed by atoms with Gasteiger partial charge in [0.25, 0.3) is 0 Å². The molecule has 146 valence electrons. The molecule has 2 amide bonds. The van der Waals surface area contributed by atoms with Gasteiger partial charge in [-0.25, -0.2) is 0 Å². The van der Waals surface area contributed by atoms with E-state index in [-0.39, 0.29) is 17.2 Å². The van der Waals surface area contributed by atoms with Crippen LogP contribution >= 0.6 is 0 Å². The molecule has 4 heterocycles. The number of rotatable bonds is 3. The van der Waals surface area contributed by atoms with Crippen LogP contribution in [-0.2, 0) is 20.9 Å². The van der Waals surface area contributed by atoms with Crippen LogP contribution in [0.1, 0.15) is 44.1 Å². The normalized spacial score (nSPS) is 27.2. The van der Waals surface area contributed by atoms with E-state index in [0.29, 0.717) is 32.1 Å². The van der Waals surface area contributed by atoms with Gasteiger partial charge in [0.2, 0.25) is 11.8 Å². The summed E-state index contributed by atoms with van der Waals surface area (Å²) in [5.74, 6) is 0.635. The third-order valence-corrected chi connectivity index (χ3v) is 6.39. The van der Waals surface area contributed by atoms with E-state index in [4.69, 9.17) is 4.74 Å². The Morgan fingerprint density at radius 3 is 2.89 bits per heavy atom. The Kier molecular flexibility index (Phi) is 5.43. The number of likely N-dealkylation sites (tertiary alicyclic amines) is 2. The predicted octanol–water partition coefficient (Wildman–Crippen LogP) is 2.24. The number of nitrogens with zero attached hydrogens (tertiary/aromatic N) is 3. The molecular weight excluding hydrogens is 342 g/mol. The molecule has 0 unspecified atom stereocenters. The largest absolute Gasteiger partial charge is 0.381 e. The van der Waals surface area contributed by atoms with Gasteiger partial charge in [-0.05, 0) is 43.7 Å². The van der Waals surface area contributed by atoms with Crippen LogP contribution in [0.4, 0.5) is 0 Å². The van der Waals surface area contributed by atoms with Crippen LogP contribution in [0.25, 0.3) is 0 Å². The zero-order valence-electron chi connectivity index (χ0n) is 15.9. The fourth-order valence-corrected chi connectivity index (χ4v) is 4.89. The van der Waals surface area contributed by atoms with Crippen LogP contribution in [0.5, 0.6) is 0 Å². The molecule has 0 aliphatic carbocycles. The minimum Gasteiger partial charge on any atom is -0.381 e. The second-order valence-corrected chi connectivity index (χ2v) is 8.36. The van der Waals surface area contributed by atoms with E-state index in [0.717, 1.165) is 57.3 Å². The lowest BCUT2D eigenvalue weighted by atomic mass is 9.73. The molecule has 0 radical (unpaired) electrons. The first-order valence-corrected chi connectivity index (χ1v) is 10.2. The molecule has 27 heavy (non-hydrogen) atoms. The Bertz CT molecular complexity index is 675. The van der Waals surface area contributed by atoms with Crippen molar-refractivity contribution in [2.45, 2.75) is 45.1 Å². The Hall–Kier alpha value is -1.95. The predicted molar refractivity (Wildman–Crippen MR) is 101 cm³/mol. The minimum atomic E-state index is 0.0508. The molecular formula is C21H29N3O3. The Morgan fingerprint density at radius 2 is 2.11 bits per heavy atom. The summed E-state index contributed by atoms with van der Waals surface area (Å²) in [4.78, 5) is 33.7. The van der Waals surface area contributed by atoms with Gasteiger partial charge in [0.1, 0.15) is 0 Å². The molecule has 3 aliphatic heterocycles. The molecule has 1 atom stereocenters. The fourth-order valence-electron chi connectivity index (χ4n) is 4.89. The minimum absolute atomic E-state index is 0.0508. The van der Waals surface area contributed by atoms with Crippen molar-refractivity contribution >= 4 is 11.8 Å². The van der Waals surface area contributed by atoms with E-state index in [2.05, 4.69) is 9.88 Å². The number of hydrogen-bond donors (Lipinski definition) is 0. The zero-order chi connectivity index (χ0) is 18.7. The highest BCUT2D eigenvalue weighted by Gasteiger charge is 2.43. The van der Waals surface area contributed by atoms with Crippen molar-refractivity contribution in [1.82, 2.24) is 14.8 Å². The van der Waals surface area contributed by atoms with Crippen molar-refractivity contribution in [2.24, 2.45) is 11.3 Å². The number of pyridine rings is 1. The average Bonchev–Trinajstić information content (AvgIpc) is 2.72. The number of piperidine rings is 2. The number of hydrogen-bond acceptors (Lipinski definition) is 4. The van der Waals surface area contributed by atoms with E-state index in [1.54, 1.807) is 6.20 Å². The topological polar surface area (TPSA) is 62.7 Å². The van der Waals surface area contributed by atoms with E-state index in [1.807, 2.05) is 23.2 Å². The highest BCUT2D eigenvalue weighted by Crippen LogP contribution is 2.40. The average molecular weight is 371 g/mol. The lowest BCUT2D eigenvalue weighted by Crippen LogP contribution is -2.55. The smallest absolute Gasteiger partial charge is 0.225 e. The molecule has 0 N–H and O–H groups in total. The van der Waals surface area contributed by atoms with Crippen LogP contribution in [0.2, 0.25) is 0 Å². The van der Waals surface area contributed by atoms with Crippen molar-refractivity contribution in [1.29, 1.82) is 0 Å². The maximum atomic E-state index is 13.0. The van der Waals surface area contributed by atoms with Crippen LogP contribution in [0.3, 0.4) is 0 Å². The van der Waals surface area contributed by atoms with Gasteiger partial charge in [0, 0.05) is 69.5 Å². The van der Waals surface area contributed by atoms with E-state index in [1.165, 1.54) is 0 Å².